The number of nitrogens with one attached hydrogen (secondary N) is 1. The lowest BCUT2D eigenvalue weighted by atomic mass is 9.75. The molecule has 2 aliphatic heterocycles. The van der Waals surface area contributed by atoms with Gasteiger partial charge in [0.25, 0.3) is 0 Å². The molecule has 47 heavy (non-hydrogen) atoms. The van der Waals surface area contributed by atoms with E-state index in [1.807, 2.05) is 49.4 Å². The van der Waals surface area contributed by atoms with Gasteiger partial charge in [-0.05, 0) is 73.2 Å². The number of hydrogen-bond donors (Lipinski definition) is 1. The highest BCUT2D eigenvalue weighted by molar-refractivity contribution is 6.30. The van der Waals surface area contributed by atoms with Crippen molar-refractivity contribution in [2.24, 2.45) is 5.92 Å². The minimum absolute atomic E-state index is 0.00718. The predicted molar refractivity (Wildman–Crippen MR) is 172 cm³/mol. The van der Waals surface area contributed by atoms with Gasteiger partial charge in [-0.3, -0.25) is 14.6 Å². The highest BCUT2D eigenvalue weighted by Crippen LogP contribution is 2.38. The van der Waals surface area contributed by atoms with Crippen LogP contribution in [-0.2, 0) is 21.2 Å². The number of amides is 2. The summed E-state index contributed by atoms with van der Waals surface area (Å²) in [5.74, 6) is -0.458. The molecule has 2 amide bonds. The SMILES string of the molecule is C[C@@H]1CCC[C@H](N2CCC(c3cc(Cl)ccc3-n3cc(C(F)(F)F)nn3)=CC2=O)c2cc(ccn2)C(C)(c2ccccc2)CNC1=O. The minimum atomic E-state index is -4.65. The zero-order valence-electron chi connectivity index (χ0n) is 26.0. The summed E-state index contributed by atoms with van der Waals surface area (Å²) in [6.07, 6.45) is 1.83. The van der Waals surface area contributed by atoms with Crippen molar-refractivity contribution in [1.82, 2.24) is 30.2 Å². The second-order valence-electron chi connectivity index (χ2n) is 12.4. The Morgan fingerprint density at radius 2 is 1.81 bits per heavy atom. The Morgan fingerprint density at radius 1 is 1.02 bits per heavy atom. The van der Waals surface area contributed by atoms with Crippen LogP contribution in [0.3, 0.4) is 0 Å². The van der Waals surface area contributed by atoms with Crippen molar-refractivity contribution < 1.29 is 22.8 Å². The first kappa shape index (κ1) is 32.4. The van der Waals surface area contributed by atoms with Crippen LogP contribution in [0.1, 0.15) is 73.7 Å². The van der Waals surface area contributed by atoms with Crippen LogP contribution in [0.15, 0.2) is 79.1 Å². The summed E-state index contributed by atoms with van der Waals surface area (Å²) < 4.78 is 40.9. The van der Waals surface area contributed by atoms with Crippen molar-refractivity contribution >= 4 is 29.0 Å². The van der Waals surface area contributed by atoms with Gasteiger partial charge in [-0.15, -0.1) is 5.10 Å². The summed E-state index contributed by atoms with van der Waals surface area (Å²) in [6, 6.07) is 18.4. The fourth-order valence-electron chi connectivity index (χ4n) is 6.45. The molecule has 2 aliphatic rings. The van der Waals surface area contributed by atoms with E-state index in [0.29, 0.717) is 60.6 Å². The quantitative estimate of drug-likeness (QED) is 0.256. The van der Waals surface area contributed by atoms with Crippen molar-refractivity contribution in [2.75, 3.05) is 13.1 Å². The van der Waals surface area contributed by atoms with Gasteiger partial charge < -0.3 is 10.2 Å². The lowest BCUT2D eigenvalue weighted by molar-refractivity contribution is -0.141. The van der Waals surface area contributed by atoms with Crippen molar-refractivity contribution in [3.8, 4) is 5.69 Å². The summed E-state index contributed by atoms with van der Waals surface area (Å²) in [4.78, 5) is 33.6. The van der Waals surface area contributed by atoms with E-state index in [1.165, 1.54) is 6.08 Å². The Bertz CT molecular complexity index is 1830. The summed E-state index contributed by atoms with van der Waals surface area (Å²) in [7, 11) is 0. The first-order valence-electron chi connectivity index (χ1n) is 15.5. The second-order valence-corrected chi connectivity index (χ2v) is 12.8. The summed E-state index contributed by atoms with van der Waals surface area (Å²) in [5.41, 5.74) is 2.58. The van der Waals surface area contributed by atoms with Crippen molar-refractivity contribution in [3.63, 3.8) is 0 Å². The molecule has 0 saturated carbocycles. The maximum Gasteiger partial charge on any atom is 0.436 e. The van der Waals surface area contributed by atoms with Crippen LogP contribution < -0.4 is 5.32 Å². The molecule has 6 rings (SSSR count). The molecule has 0 spiro atoms. The Balaban J connectivity index is 1.36. The van der Waals surface area contributed by atoms with Crippen LogP contribution in [-0.4, -0.2) is 49.8 Å². The number of nitrogens with zero attached hydrogens (tertiary/aromatic N) is 5. The number of rotatable bonds is 4. The molecule has 3 atom stereocenters. The smallest absolute Gasteiger partial charge is 0.355 e. The number of fused-ring (bicyclic) bond motifs is 2. The third-order valence-electron chi connectivity index (χ3n) is 9.26. The lowest BCUT2D eigenvalue weighted by Gasteiger charge is -2.36. The van der Waals surface area contributed by atoms with Crippen LogP contribution in [0.25, 0.3) is 11.3 Å². The molecule has 244 valence electrons. The number of hydrogen-bond acceptors (Lipinski definition) is 5. The third kappa shape index (κ3) is 6.67. The molecule has 1 unspecified atom stereocenters. The van der Waals surface area contributed by atoms with Crippen LogP contribution >= 0.6 is 11.6 Å². The van der Waals surface area contributed by atoms with Gasteiger partial charge in [-0.25, -0.2) is 4.68 Å². The molecule has 2 aromatic carbocycles. The largest absolute Gasteiger partial charge is 0.436 e. The highest BCUT2D eigenvalue weighted by Gasteiger charge is 2.36. The van der Waals surface area contributed by atoms with Crippen LogP contribution in [0.2, 0.25) is 5.02 Å². The molecule has 4 heterocycles. The maximum absolute atomic E-state index is 13.9. The predicted octanol–water partition coefficient (Wildman–Crippen LogP) is 6.93. The third-order valence-corrected chi connectivity index (χ3v) is 9.50. The summed E-state index contributed by atoms with van der Waals surface area (Å²) in [6.45, 7) is 4.78. The Morgan fingerprint density at radius 3 is 2.53 bits per heavy atom. The van der Waals surface area contributed by atoms with Gasteiger partial charge in [0.05, 0.1) is 23.6 Å². The fraction of sp³-hybridized carbons (Fsp3) is 0.343. The highest BCUT2D eigenvalue weighted by atomic mass is 35.5. The number of pyridine rings is 1. The Kier molecular flexibility index (Phi) is 8.93. The number of benzene rings is 2. The van der Waals surface area contributed by atoms with E-state index in [-0.39, 0.29) is 23.8 Å². The van der Waals surface area contributed by atoms with Gasteiger partial charge in [-0.1, -0.05) is 60.5 Å². The lowest BCUT2D eigenvalue weighted by Crippen LogP contribution is -2.42. The van der Waals surface area contributed by atoms with E-state index < -0.39 is 17.3 Å². The molecule has 8 nitrogen and oxygen atoms in total. The van der Waals surface area contributed by atoms with E-state index in [2.05, 4.69) is 22.6 Å². The van der Waals surface area contributed by atoms with Gasteiger partial charge in [0.15, 0.2) is 5.69 Å². The molecular formula is C35H34ClF3N6O2. The van der Waals surface area contributed by atoms with Crippen LogP contribution in [0, 0.1) is 5.92 Å². The van der Waals surface area contributed by atoms with Crippen molar-refractivity contribution in [3.05, 3.63) is 112 Å². The Hall–Kier alpha value is -4.51. The maximum atomic E-state index is 13.9. The molecule has 12 heteroatoms. The molecule has 0 fully saturated rings. The van der Waals surface area contributed by atoms with Gasteiger partial charge in [0, 0.05) is 47.3 Å². The first-order chi connectivity index (χ1) is 22.4. The monoisotopic (exact) mass is 662 g/mol. The normalized spacial score (nSPS) is 22.6. The Labute approximate surface area is 275 Å². The van der Waals surface area contributed by atoms with Gasteiger partial charge in [0.2, 0.25) is 11.8 Å². The molecule has 4 aromatic rings. The zero-order chi connectivity index (χ0) is 33.3. The molecular weight excluding hydrogens is 629 g/mol. The van der Waals surface area contributed by atoms with E-state index in [1.54, 1.807) is 29.3 Å². The summed E-state index contributed by atoms with van der Waals surface area (Å²) in [5, 5.41) is 10.5. The van der Waals surface area contributed by atoms with Crippen LogP contribution in [0.5, 0.6) is 0 Å². The number of carbonyl (C=O) groups is 2. The van der Waals surface area contributed by atoms with Gasteiger partial charge in [0.1, 0.15) is 0 Å². The van der Waals surface area contributed by atoms with Gasteiger partial charge >= 0.3 is 6.18 Å². The molecule has 2 bridgehead atoms. The topological polar surface area (TPSA) is 93.0 Å². The summed E-state index contributed by atoms with van der Waals surface area (Å²) >= 11 is 6.32. The second kappa shape index (κ2) is 12.9. The van der Waals surface area contributed by atoms with E-state index in [4.69, 9.17) is 16.6 Å². The molecule has 1 N–H and O–H groups in total. The zero-order valence-corrected chi connectivity index (χ0v) is 26.7. The molecule has 0 radical (unpaired) electrons. The average Bonchev–Trinajstić information content (AvgIpc) is 3.57. The van der Waals surface area contributed by atoms with E-state index >= 15 is 0 Å². The van der Waals surface area contributed by atoms with Crippen LogP contribution in [0.4, 0.5) is 13.2 Å². The number of halogens is 4. The van der Waals surface area contributed by atoms with E-state index in [0.717, 1.165) is 27.7 Å². The fourth-order valence-corrected chi connectivity index (χ4v) is 6.63. The van der Waals surface area contributed by atoms with Crippen molar-refractivity contribution in [1.29, 1.82) is 0 Å². The standard InChI is InChI=1S/C35H34ClF3N6O2/c1-22-7-6-10-30(28-18-25(13-15-40-28)34(2,21-41-33(22)47)24-8-4-3-5-9-24)44-16-14-23(17-32(44)46)27-19-26(36)11-12-29(27)45-20-31(42-43-45)35(37,38)39/h3-5,8-9,11-13,15,17-20,22,30H,6-7,10,14,16,21H2,1-2H3,(H,41,47)/t22-,30+,34?/m1/s1. The minimum Gasteiger partial charge on any atom is -0.355 e. The molecule has 2 aromatic heterocycles. The molecule has 0 saturated heterocycles. The van der Waals surface area contributed by atoms with E-state index in [9.17, 15) is 22.8 Å². The van der Waals surface area contributed by atoms with Gasteiger partial charge in [-0.2, -0.15) is 13.2 Å². The number of carbonyl (C=O) groups excluding carboxylic acids is 2. The first-order valence-corrected chi connectivity index (χ1v) is 15.9. The number of aromatic nitrogens is 4. The van der Waals surface area contributed by atoms with Crippen molar-refractivity contribution in [2.45, 2.75) is 57.2 Å². The molecule has 0 aliphatic carbocycles. The average molecular weight is 663 g/mol. The number of alkyl halides is 3.